The number of anilines is 1. The van der Waals surface area contributed by atoms with Crippen molar-refractivity contribution in [2.24, 2.45) is 5.73 Å². The van der Waals surface area contributed by atoms with Gasteiger partial charge in [-0.2, -0.15) is 0 Å². The molecule has 1 aromatic heterocycles. The summed E-state index contributed by atoms with van der Waals surface area (Å²) in [5, 5.41) is 11.1. The lowest BCUT2D eigenvalue weighted by Gasteiger charge is -2.06. The Kier molecular flexibility index (Phi) is 5.30. The molecule has 0 saturated heterocycles. The number of amides is 1. The molecule has 3 N–H and O–H groups in total. The first-order valence-electron chi connectivity index (χ1n) is 6.80. The second-order valence-corrected chi connectivity index (χ2v) is 5.17. The van der Waals surface area contributed by atoms with E-state index in [0.717, 1.165) is 12.8 Å². The van der Waals surface area contributed by atoms with Gasteiger partial charge in [0.2, 0.25) is 5.91 Å². The van der Waals surface area contributed by atoms with Crippen LogP contribution < -0.4 is 11.1 Å². The van der Waals surface area contributed by atoms with Crippen molar-refractivity contribution in [3.05, 3.63) is 41.2 Å². The van der Waals surface area contributed by atoms with Crippen molar-refractivity contribution < 1.29 is 4.79 Å². The fraction of sp³-hybridized carbons (Fsp3) is 0.357. The number of halogens is 1. The van der Waals surface area contributed by atoms with Gasteiger partial charge in [-0.15, -0.1) is 5.10 Å². The van der Waals surface area contributed by atoms with Crippen molar-refractivity contribution in [1.29, 1.82) is 0 Å². The number of nitrogens with two attached hydrogens (primary N) is 1. The van der Waals surface area contributed by atoms with Crippen LogP contribution in [-0.2, 0) is 11.3 Å². The number of nitrogens with zero attached hydrogens (tertiary/aromatic N) is 3. The quantitative estimate of drug-likeness (QED) is 0.858. The van der Waals surface area contributed by atoms with Crippen LogP contribution in [0, 0.1) is 0 Å². The standard InChI is InChI=1S/C14H18ClN5O/c1-2-5-11(16)13-8-20(19-18-13)9-14(21)17-12-7-4-3-6-10(12)15/h3-4,6-8,11H,2,5,9,16H2,1H3,(H,17,21). The van der Waals surface area contributed by atoms with Gasteiger partial charge in [0, 0.05) is 0 Å². The molecular formula is C14H18ClN5O. The van der Waals surface area contributed by atoms with E-state index in [0.29, 0.717) is 16.4 Å². The van der Waals surface area contributed by atoms with E-state index in [1.807, 2.05) is 0 Å². The highest BCUT2D eigenvalue weighted by Gasteiger charge is 2.12. The predicted molar refractivity (Wildman–Crippen MR) is 81.9 cm³/mol. The molecule has 0 radical (unpaired) electrons. The maximum Gasteiger partial charge on any atom is 0.246 e. The lowest BCUT2D eigenvalue weighted by molar-refractivity contribution is -0.116. The molecule has 0 saturated carbocycles. The molecule has 0 spiro atoms. The zero-order valence-electron chi connectivity index (χ0n) is 11.8. The average Bonchev–Trinajstić information content (AvgIpc) is 2.90. The van der Waals surface area contributed by atoms with Crippen molar-refractivity contribution in [1.82, 2.24) is 15.0 Å². The van der Waals surface area contributed by atoms with E-state index in [1.54, 1.807) is 30.5 Å². The smallest absolute Gasteiger partial charge is 0.246 e. The maximum atomic E-state index is 11.9. The van der Waals surface area contributed by atoms with Crippen molar-refractivity contribution in [3.63, 3.8) is 0 Å². The van der Waals surface area contributed by atoms with Crippen LogP contribution in [0.2, 0.25) is 5.02 Å². The summed E-state index contributed by atoms with van der Waals surface area (Å²) >= 11 is 5.99. The first kappa shape index (κ1) is 15.5. The lowest BCUT2D eigenvalue weighted by atomic mass is 10.1. The Bertz CT molecular complexity index is 613. The molecule has 0 aliphatic rings. The molecule has 1 heterocycles. The molecule has 1 atom stereocenters. The van der Waals surface area contributed by atoms with Crippen LogP contribution in [-0.4, -0.2) is 20.9 Å². The predicted octanol–water partition coefficient (Wildman–Crippen LogP) is 2.37. The summed E-state index contributed by atoms with van der Waals surface area (Å²) < 4.78 is 1.47. The van der Waals surface area contributed by atoms with Gasteiger partial charge >= 0.3 is 0 Å². The third-order valence-corrected chi connectivity index (χ3v) is 3.32. The number of aromatic nitrogens is 3. The van der Waals surface area contributed by atoms with E-state index in [-0.39, 0.29) is 18.5 Å². The zero-order chi connectivity index (χ0) is 15.2. The number of para-hydroxylation sites is 1. The highest BCUT2D eigenvalue weighted by atomic mass is 35.5. The lowest BCUT2D eigenvalue weighted by Crippen LogP contribution is -2.19. The number of carbonyl (C=O) groups is 1. The molecule has 1 unspecified atom stereocenters. The summed E-state index contributed by atoms with van der Waals surface area (Å²) in [4.78, 5) is 11.9. The number of hydrogen-bond donors (Lipinski definition) is 2. The van der Waals surface area contributed by atoms with Crippen LogP contribution in [0.4, 0.5) is 5.69 Å². The largest absolute Gasteiger partial charge is 0.323 e. The van der Waals surface area contributed by atoms with Crippen LogP contribution in [0.3, 0.4) is 0 Å². The normalized spacial score (nSPS) is 12.1. The topological polar surface area (TPSA) is 85.8 Å². The van der Waals surface area contributed by atoms with E-state index in [9.17, 15) is 4.79 Å². The molecule has 21 heavy (non-hydrogen) atoms. The number of hydrogen-bond acceptors (Lipinski definition) is 4. The first-order valence-corrected chi connectivity index (χ1v) is 7.18. The molecule has 0 bridgehead atoms. The second-order valence-electron chi connectivity index (χ2n) is 4.76. The minimum atomic E-state index is -0.219. The molecule has 0 aliphatic carbocycles. The fourth-order valence-corrected chi connectivity index (χ4v) is 2.10. The molecule has 6 nitrogen and oxygen atoms in total. The van der Waals surface area contributed by atoms with Crippen LogP contribution >= 0.6 is 11.6 Å². The monoisotopic (exact) mass is 307 g/mol. The van der Waals surface area contributed by atoms with E-state index < -0.39 is 0 Å². The number of nitrogens with one attached hydrogen (secondary N) is 1. The zero-order valence-corrected chi connectivity index (χ0v) is 12.5. The first-order chi connectivity index (χ1) is 10.1. The Labute approximate surface area is 128 Å². The van der Waals surface area contributed by atoms with Gasteiger partial charge in [-0.3, -0.25) is 4.79 Å². The third-order valence-electron chi connectivity index (χ3n) is 2.99. The van der Waals surface area contributed by atoms with Crippen molar-refractivity contribution in [2.45, 2.75) is 32.4 Å². The van der Waals surface area contributed by atoms with E-state index in [4.69, 9.17) is 17.3 Å². The van der Waals surface area contributed by atoms with Gasteiger partial charge in [0.05, 0.1) is 28.6 Å². The van der Waals surface area contributed by atoms with Crippen LogP contribution in [0.1, 0.15) is 31.5 Å². The molecule has 1 aromatic carbocycles. The second kappa shape index (κ2) is 7.19. The summed E-state index contributed by atoms with van der Waals surface area (Å²) in [5.41, 5.74) is 7.23. The summed E-state index contributed by atoms with van der Waals surface area (Å²) in [6, 6.07) is 6.92. The number of rotatable bonds is 6. The number of carbonyl (C=O) groups excluding carboxylic acids is 1. The van der Waals surface area contributed by atoms with Gasteiger partial charge in [-0.1, -0.05) is 42.3 Å². The summed E-state index contributed by atoms with van der Waals surface area (Å²) in [6.45, 7) is 2.12. The minimum absolute atomic E-state index is 0.0665. The average molecular weight is 308 g/mol. The summed E-state index contributed by atoms with van der Waals surface area (Å²) in [7, 11) is 0. The maximum absolute atomic E-state index is 11.9. The van der Waals surface area contributed by atoms with E-state index in [2.05, 4.69) is 22.6 Å². The summed E-state index contributed by atoms with van der Waals surface area (Å²) in [5.74, 6) is -0.219. The molecule has 2 rings (SSSR count). The SMILES string of the molecule is CCCC(N)c1cn(CC(=O)Nc2ccccc2Cl)nn1. The van der Waals surface area contributed by atoms with Gasteiger partial charge in [0.1, 0.15) is 6.54 Å². The van der Waals surface area contributed by atoms with Crippen molar-refractivity contribution >= 4 is 23.2 Å². The van der Waals surface area contributed by atoms with E-state index >= 15 is 0 Å². The fourth-order valence-electron chi connectivity index (χ4n) is 1.92. The van der Waals surface area contributed by atoms with Crippen molar-refractivity contribution in [3.8, 4) is 0 Å². The summed E-state index contributed by atoms with van der Waals surface area (Å²) in [6.07, 6.45) is 3.51. The van der Waals surface area contributed by atoms with E-state index in [1.165, 1.54) is 4.68 Å². The molecule has 0 aliphatic heterocycles. The Balaban J connectivity index is 1.96. The minimum Gasteiger partial charge on any atom is -0.323 e. The molecule has 2 aromatic rings. The Morgan fingerprint density at radius 1 is 1.48 bits per heavy atom. The van der Waals surface area contributed by atoms with Gasteiger partial charge in [-0.05, 0) is 18.6 Å². The molecule has 0 fully saturated rings. The highest BCUT2D eigenvalue weighted by Crippen LogP contribution is 2.20. The Hall–Kier alpha value is -1.92. The third kappa shape index (κ3) is 4.27. The van der Waals surface area contributed by atoms with Gasteiger partial charge in [-0.25, -0.2) is 4.68 Å². The van der Waals surface area contributed by atoms with Crippen molar-refractivity contribution in [2.75, 3.05) is 5.32 Å². The molecular weight excluding hydrogens is 290 g/mol. The van der Waals surface area contributed by atoms with Crippen LogP contribution in [0.15, 0.2) is 30.5 Å². The molecule has 1 amide bonds. The van der Waals surface area contributed by atoms with Gasteiger partial charge < -0.3 is 11.1 Å². The number of benzene rings is 1. The Morgan fingerprint density at radius 3 is 2.95 bits per heavy atom. The van der Waals surface area contributed by atoms with Gasteiger partial charge in [0.15, 0.2) is 0 Å². The molecule has 112 valence electrons. The molecule has 7 heteroatoms. The van der Waals surface area contributed by atoms with Gasteiger partial charge in [0.25, 0.3) is 0 Å². The highest BCUT2D eigenvalue weighted by molar-refractivity contribution is 6.33. The Morgan fingerprint density at radius 2 is 2.24 bits per heavy atom. The van der Waals surface area contributed by atoms with Crippen LogP contribution in [0.5, 0.6) is 0 Å². The van der Waals surface area contributed by atoms with Crippen LogP contribution in [0.25, 0.3) is 0 Å².